The topological polar surface area (TPSA) is 77.5 Å². The quantitative estimate of drug-likeness (QED) is 0.888. The average Bonchev–Trinajstić information content (AvgIpc) is 2.54. The Labute approximate surface area is 137 Å². The summed E-state index contributed by atoms with van der Waals surface area (Å²) in [5, 5.41) is 2.84. The fourth-order valence-corrected chi connectivity index (χ4v) is 2.34. The van der Waals surface area contributed by atoms with Crippen molar-refractivity contribution >= 4 is 17.9 Å². The molecule has 8 nitrogen and oxygen atoms in total. The van der Waals surface area contributed by atoms with Crippen LogP contribution < -0.4 is 15.1 Å². The second-order valence-corrected chi connectivity index (χ2v) is 6.15. The van der Waals surface area contributed by atoms with Crippen molar-refractivity contribution in [3.8, 4) is 0 Å². The number of aromatic nitrogens is 3. The van der Waals surface area contributed by atoms with E-state index >= 15 is 0 Å². The van der Waals surface area contributed by atoms with Gasteiger partial charge in [-0.05, 0) is 6.92 Å². The molecule has 1 aliphatic rings. The van der Waals surface area contributed by atoms with Crippen molar-refractivity contribution < 1.29 is 4.79 Å². The molecule has 0 aliphatic carbocycles. The molecule has 2 heterocycles. The summed E-state index contributed by atoms with van der Waals surface area (Å²) in [6.45, 7) is 9.53. The van der Waals surface area contributed by atoms with Gasteiger partial charge in [0.15, 0.2) is 0 Å². The van der Waals surface area contributed by atoms with Crippen molar-refractivity contribution in [2.24, 2.45) is 0 Å². The lowest BCUT2D eigenvalue weighted by Crippen LogP contribution is -2.52. The van der Waals surface area contributed by atoms with Crippen LogP contribution >= 0.6 is 0 Å². The standard InChI is InChI=1S/C15H27N7O/c1-6-16-15(23)22-9-7-21(8-10-22)14-18-12(11(2)3)17-13(19-14)20(4)5/h11H,6-10H2,1-5H3,(H,16,23). The number of hydrogen-bond acceptors (Lipinski definition) is 6. The molecular weight excluding hydrogens is 294 g/mol. The van der Waals surface area contributed by atoms with E-state index < -0.39 is 0 Å². The number of nitrogens with zero attached hydrogens (tertiary/aromatic N) is 6. The molecule has 0 unspecified atom stereocenters. The molecule has 0 bridgehead atoms. The highest BCUT2D eigenvalue weighted by molar-refractivity contribution is 5.74. The van der Waals surface area contributed by atoms with Gasteiger partial charge in [-0.25, -0.2) is 4.79 Å². The van der Waals surface area contributed by atoms with Crippen molar-refractivity contribution in [3.05, 3.63) is 5.82 Å². The molecule has 1 N–H and O–H groups in total. The third-order valence-corrected chi connectivity index (χ3v) is 3.72. The van der Waals surface area contributed by atoms with Gasteiger partial charge in [0.05, 0.1) is 0 Å². The number of amides is 2. The normalized spacial score (nSPS) is 15.0. The summed E-state index contributed by atoms with van der Waals surface area (Å²) in [6, 6.07) is -0.000327. The molecular formula is C15H27N7O. The third-order valence-electron chi connectivity index (χ3n) is 3.72. The minimum Gasteiger partial charge on any atom is -0.347 e. The highest BCUT2D eigenvalue weighted by Crippen LogP contribution is 2.18. The summed E-state index contributed by atoms with van der Waals surface area (Å²) in [4.78, 5) is 31.4. The zero-order valence-electron chi connectivity index (χ0n) is 14.7. The number of nitrogens with one attached hydrogen (secondary N) is 1. The molecule has 0 saturated carbocycles. The molecule has 1 aromatic heterocycles. The molecule has 0 radical (unpaired) electrons. The molecule has 1 saturated heterocycles. The minimum atomic E-state index is -0.000327. The van der Waals surface area contributed by atoms with Gasteiger partial charge in [-0.15, -0.1) is 0 Å². The highest BCUT2D eigenvalue weighted by Gasteiger charge is 2.23. The Balaban J connectivity index is 2.12. The fraction of sp³-hybridized carbons (Fsp3) is 0.733. The maximum absolute atomic E-state index is 11.9. The molecule has 0 aromatic carbocycles. The van der Waals surface area contributed by atoms with Crippen LogP contribution in [0.5, 0.6) is 0 Å². The van der Waals surface area contributed by atoms with Gasteiger partial charge in [0, 0.05) is 52.7 Å². The number of rotatable bonds is 4. The first-order valence-corrected chi connectivity index (χ1v) is 8.13. The van der Waals surface area contributed by atoms with E-state index in [1.807, 2.05) is 30.8 Å². The summed E-state index contributed by atoms with van der Waals surface area (Å²) in [5.41, 5.74) is 0. The molecule has 1 fully saturated rings. The average molecular weight is 321 g/mol. The molecule has 23 heavy (non-hydrogen) atoms. The Morgan fingerprint density at radius 2 is 1.83 bits per heavy atom. The van der Waals surface area contributed by atoms with Gasteiger partial charge in [-0.2, -0.15) is 15.0 Å². The summed E-state index contributed by atoms with van der Waals surface area (Å²) < 4.78 is 0. The smallest absolute Gasteiger partial charge is 0.317 e. The maximum atomic E-state index is 11.9. The van der Waals surface area contributed by atoms with Gasteiger partial charge < -0.3 is 20.0 Å². The van der Waals surface area contributed by atoms with E-state index in [0.717, 1.165) is 18.9 Å². The minimum absolute atomic E-state index is 0.000327. The van der Waals surface area contributed by atoms with Crippen molar-refractivity contribution in [1.82, 2.24) is 25.2 Å². The van der Waals surface area contributed by atoms with E-state index in [1.54, 1.807) is 0 Å². The Morgan fingerprint density at radius 3 is 2.35 bits per heavy atom. The second-order valence-electron chi connectivity index (χ2n) is 6.15. The number of urea groups is 1. The van der Waals surface area contributed by atoms with Gasteiger partial charge >= 0.3 is 6.03 Å². The van der Waals surface area contributed by atoms with Crippen LogP contribution in [0, 0.1) is 0 Å². The lowest BCUT2D eigenvalue weighted by molar-refractivity contribution is 0.194. The Morgan fingerprint density at radius 1 is 1.17 bits per heavy atom. The fourth-order valence-electron chi connectivity index (χ4n) is 2.34. The van der Waals surface area contributed by atoms with Crippen molar-refractivity contribution in [3.63, 3.8) is 0 Å². The number of piperazine rings is 1. The molecule has 1 aromatic rings. The van der Waals surface area contributed by atoms with E-state index in [1.165, 1.54) is 0 Å². The molecule has 2 amide bonds. The van der Waals surface area contributed by atoms with Gasteiger partial charge in [0.25, 0.3) is 0 Å². The number of hydrogen-bond donors (Lipinski definition) is 1. The van der Waals surface area contributed by atoms with Crippen LogP contribution in [0.25, 0.3) is 0 Å². The van der Waals surface area contributed by atoms with E-state index in [0.29, 0.717) is 31.5 Å². The van der Waals surface area contributed by atoms with Crippen LogP contribution in [0.1, 0.15) is 32.5 Å². The first-order chi connectivity index (χ1) is 10.9. The van der Waals surface area contributed by atoms with Gasteiger partial charge in [0.2, 0.25) is 11.9 Å². The van der Waals surface area contributed by atoms with Crippen LogP contribution in [0.4, 0.5) is 16.7 Å². The van der Waals surface area contributed by atoms with Crippen LogP contribution in [0.3, 0.4) is 0 Å². The molecule has 2 rings (SSSR count). The van der Waals surface area contributed by atoms with Crippen LogP contribution in [0.2, 0.25) is 0 Å². The van der Waals surface area contributed by atoms with E-state index in [-0.39, 0.29) is 11.9 Å². The Kier molecular flexibility index (Phi) is 5.57. The summed E-state index contributed by atoms with van der Waals surface area (Å²) in [6.07, 6.45) is 0. The summed E-state index contributed by atoms with van der Waals surface area (Å²) in [5.74, 6) is 2.41. The van der Waals surface area contributed by atoms with E-state index in [9.17, 15) is 4.79 Å². The number of carbonyl (C=O) groups is 1. The largest absolute Gasteiger partial charge is 0.347 e. The lowest BCUT2D eigenvalue weighted by atomic mass is 10.2. The van der Waals surface area contributed by atoms with Crippen LogP contribution in [0.15, 0.2) is 0 Å². The highest BCUT2D eigenvalue weighted by atomic mass is 16.2. The maximum Gasteiger partial charge on any atom is 0.317 e. The third kappa shape index (κ3) is 4.20. The van der Waals surface area contributed by atoms with Crippen molar-refractivity contribution in [1.29, 1.82) is 0 Å². The lowest BCUT2D eigenvalue weighted by Gasteiger charge is -2.35. The van der Waals surface area contributed by atoms with Gasteiger partial charge in [0.1, 0.15) is 5.82 Å². The molecule has 1 aliphatic heterocycles. The first-order valence-electron chi connectivity index (χ1n) is 8.13. The Bertz CT molecular complexity index is 512. The van der Waals surface area contributed by atoms with Crippen LogP contribution in [-0.2, 0) is 0 Å². The SMILES string of the molecule is CCNC(=O)N1CCN(c2nc(C(C)C)nc(N(C)C)n2)CC1. The predicted molar refractivity (Wildman–Crippen MR) is 91.1 cm³/mol. The second kappa shape index (κ2) is 7.43. The van der Waals surface area contributed by atoms with Gasteiger partial charge in [-0.3, -0.25) is 0 Å². The monoisotopic (exact) mass is 321 g/mol. The summed E-state index contributed by atoms with van der Waals surface area (Å²) >= 11 is 0. The molecule has 0 spiro atoms. The van der Waals surface area contributed by atoms with Crippen molar-refractivity contribution in [2.75, 3.05) is 56.6 Å². The molecule has 128 valence electrons. The van der Waals surface area contributed by atoms with Crippen LogP contribution in [-0.4, -0.2) is 72.7 Å². The van der Waals surface area contributed by atoms with Crippen molar-refractivity contribution in [2.45, 2.75) is 26.7 Å². The molecule has 8 heteroatoms. The first kappa shape index (κ1) is 17.2. The van der Waals surface area contributed by atoms with E-state index in [2.05, 4.69) is 39.0 Å². The van der Waals surface area contributed by atoms with E-state index in [4.69, 9.17) is 0 Å². The summed E-state index contributed by atoms with van der Waals surface area (Å²) in [7, 11) is 3.85. The number of carbonyl (C=O) groups excluding carboxylic acids is 1. The zero-order chi connectivity index (χ0) is 17.0. The predicted octanol–water partition coefficient (Wildman–Crippen LogP) is 0.913. The van der Waals surface area contributed by atoms with Gasteiger partial charge in [-0.1, -0.05) is 13.8 Å². The number of anilines is 2. The zero-order valence-corrected chi connectivity index (χ0v) is 14.7. The Hall–Kier alpha value is -2.12. The molecule has 0 atom stereocenters.